The average molecular weight is 354 g/mol. The smallest absolute Gasteiger partial charge is 0.284 e. The minimum atomic E-state index is -0.563. The van der Waals surface area contributed by atoms with Crippen LogP contribution >= 0.6 is 15.9 Å². The molecule has 0 aliphatic rings. The van der Waals surface area contributed by atoms with E-state index >= 15 is 0 Å². The number of carbonyl (C=O) groups is 1. The predicted octanol–water partition coefficient (Wildman–Crippen LogP) is 3.72. The largest absolute Gasteiger partial charge is 0.338 e. The Labute approximate surface area is 128 Å². The second-order valence-electron chi connectivity index (χ2n) is 4.65. The van der Waals surface area contributed by atoms with Crippen molar-refractivity contribution in [2.24, 2.45) is 0 Å². The molecule has 0 spiro atoms. The summed E-state index contributed by atoms with van der Waals surface area (Å²) in [4.78, 5) is 22.3. The van der Waals surface area contributed by atoms with Crippen molar-refractivity contribution in [3.8, 4) is 0 Å². The first-order valence-electron chi connectivity index (χ1n) is 6.10. The van der Waals surface area contributed by atoms with Crippen molar-refractivity contribution in [1.29, 1.82) is 0 Å². The maximum absolute atomic E-state index is 12.0. The number of nitro groups is 1. The van der Waals surface area contributed by atoms with E-state index in [2.05, 4.69) is 26.4 Å². The first-order valence-corrected chi connectivity index (χ1v) is 6.89. The van der Waals surface area contributed by atoms with Crippen LogP contribution in [-0.4, -0.2) is 16.0 Å². The van der Waals surface area contributed by atoms with Crippen LogP contribution in [0.5, 0.6) is 0 Å². The Balaban J connectivity index is 2.20. The van der Waals surface area contributed by atoms with Gasteiger partial charge in [0.1, 0.15) is 0 Å². The van der Waals surface area contributed by atoms with Gasteiger partial charge in [-0.2, -0.15) is 0 Å². The van der Waals surface area contributed by atoms with Crippen molar-refractivity contribution in [3.63, 3.8) is 0 Å². The van der Waals surface area contributed by atoms with Crippen molar-refractivity contribution < 1.29 is 14.2 Å². The van der Waals surface area contributed by atoms with E-state index in [0.717, 1.165) is 0 Å². The summed E-state index contributed by atoms with van der Waals surface area (Å²) in [6, 6.07) is 5.74. The summed E-state index contributed by atoms with van der Waals surface area (Å²) in [5.41, 5.74) is 0.697. The van der Waals surface area contributed by atoms with Gasteiger partial charge in [-0.15, -0.1) is 0 Å². The molecule has 0 fully saturated rings. The Hall–Kier alpha value is -2.22. The SMILES string of the molecule is CC(C)c1cc(NC(=O)c2ccc(Br)c([N+](=O)[O-])c2)on1. The Morgan fingerprint density at radius 2 is 2.14 bits per heavy atom. The Kier molecular flexibility index (Phi) is 4.37. The second-order valence-corrected chi connectivity index (χ2v) is 5.50. The maximum atomic E-state index is 12.0. The number of halogens is 1. The molecule has 2 rings (SSSR count). The standard InChI is InChI=1S/C13H12BrN3O4/c1-7(2)10-6-12(21-16-10)15-13(18)8-3-4-9(14)11(5-8)17(19)20/h3-7H,1-2H3,(H,15,18). The molecule has 7 nitrogen and oxygen atoms in total. The lowest BCUT2D eigenvalue weighted by Gasteiger charge is -2.02. The molecule has 110 valence electrons. The molecule has 1 N–H and O–H groups in total. The highest BCUT2D eigenvalue weighted by molar-refractivity contribution is 9.10. The summed E-state index contributed by atoms with van der Waals surface area (Å²) in [5, 5.41) is 17.2. The molecule has 0 bridgehead atoms. The zero-order valence-corrected chi connectivity index (χ0v) is 12.9. The maximum Gasteiger partial charge on any atom is 0.284 e. The van der Waals surface area contributed by atoms with Crippen molar-refractivity contribution in [3.05, 3.63) is 50.1 Å². The number of nitrogens with zero attached hydrogens (tertiary/aromatic N) is 2. The van der Waals surface area contributed by atoms with Crippen molar-refractivity contribution in [1.82, 2.24) is 5.16 Å². The molecular weight excluding hydrogens is 342 g/mol. The van der Waals surface area contributed by atoms with Crippen LogP contribution in [-0.2, 0) is 0 Å². The molecule has 0 atom stereocenters. The highest BCUT2D eigenvalue weighted by Gasteiger charge is 2.17. The van der Waals surface area contributed by atoms with E-state index in [-0.39, 0.29) is 23.1 Å². The van der Waals surface area contributed by atoms with E-state index < -0.39 is 10.8 Å². The van der Waals surface area contributed by atoms with Crippen LogP contribution in [0.1, 0.15) is 35.8 Å². The Morgan fingerprint density at radius 1 is 1.43 bits per heavy atom. The fraction of sp³-hybridized carbons (Fsp3) is 0.231. The summed E-state index contributed by atoms with van der Waals surface area (Å²) in [5.74, 6) is -0.125. The van der Waals surface area contributed by atoms with Crippen LogP contribution in [0.2, 0.25) is 0 Å². The molecule has 21 heavy (non-hydrogen) atoms. The molecule has 0 aliphatic carbocycles. The normalized spacial score (nSPS) is 10.7. The zero-order chi connectivity index (χ0) is 15.6. The van der Waals surface area contributed by atoms with Gasteiger partial charge in [-0.1, -0.05) is 19.0 Å². The van der Waals surface area contributed by atoms with Crippen LogP contribution in [0.25, 0.3) is 0 Å². The highest BCUT2D eigenvalue weighted by Crippen LogP contribution is 2.26. The third kappa shape index (κ3) is 3.46. The van der Waals surface area contributed by atoms with Crippen LogP contribution < -0.4 is 5.32 Å². The van der Waals surface area contributed by atoms with Crippen LogP contribution in [0.3, 0.4) is 0 Å². The van der Waals surface area contributed by atoms with E-state index in [1.54, 1.807) is 6.07 Å². The van der Waals surface area contributed by atoms with Gasteiger partial charge in [0.05, 0.1) is 15.1 Å². The lowest BCUT2D eigenvalue weighted by atomic mass is 10.1. The molecule has 0 saturated heterocycles. The highest BCUT2D eigenvalue weighted by atomic mass is 79.9. The van der Waals surface area contributed by atoms with E-state index in [4.69, 9.17) is 4.52 Å². The van der Waals surface area contributed by atoms with E-state index in [0.29, 0.717) is 10.2 Å². The minimum Gasteiger partial charge on any atom is -0.338 e. The number of anilines is 1. The first-order chi connectivity index (χ1) is 9.88. The average Bonchev–Trinajstić information content (AvgIpc) is 2.87. The van der Waals surface area contributed by atoms with Crippen molar-refractivity contribution in [2.45, 2.75) is 19.8 Å². The summed E-state index contributed by atoms with van der Waals surface area (Å²) in [6.07, 6.45) is 0. The Bertz CT molecular complexity index is 696. The Morgan fingerprint density at radius 3 is 2.71 bits per heavy atom. The number of aromatic nitrogens is 1. The number of nitro benzene ring substituents is 1. The van der Waals surface area contributed by atoms with E-state index in [9.17, 15) is 14.9 Å². The fourth-order valence-corrected chi connectivity index (χ4v) is 1.99. The summed E-state index contributed by atoms with van der Waals surface area (Å²) in [7, 11) is 0. The number of hydrogen-bond donors (Lipinski definition) is 1. The number of carbonyl (C=O) groups excluding carboxylic acids is 1. The molecule has 1 heterocycles. The minimum absolute atomic E-state index is 0.160. The number of amides is 1. The van der Waals surface area contributed by atoms with Crippen LogP contribution in [0.4, 0.5) is 11.6 Å². The van der Waals surface area contributed by atoms with E-state index in [1.807, 2.05) is 13.8 Å². The molecule has 0 saturated carbocycles. The van der Waals surface area contributed by atoms with Gasteiger partial charge in [-0.25, -0.2) is 0 Å². The van der Waals surface area contributed by atoms with Crippen molar-refractivity contribution >= 4 is 33.4 Å². The van der Waals surface area contributed by atoms with Gasteiger partial charge in [-0.3, -0.25) is 20.2 Å². The van der Waals surface area contributed by atoms with Crippen molar-refractivity contribution in [2.75, 3.05) is 5.32 Å². The monoisotopic (exact) mass is 353 g/mol. The number of nitrogens with one attached hydrogen (secondary N) is 1. The van der Waals surface area contributed by atoms with Crippen LogP contribution in [0, 0.1) is 10.1 Å². The molecule has 0 aliphatic heterocycles. The number of rotatable bonds is 4. The quantitative estimate of drug-likeness (QED) is 0.666. The van der Waals surface area contributed by atoms with Gasteiger partial charge in [0.2, 0.25) is 5.88 Å². The molecule has 0 unspecified atom stereocenters. The van der Waals surface area contributed by atoms with Gasteiger partial charge in [0.15, 0.2) is 0 Å². The topological polar surface area (TPSA) is 98.3 Å². The lowest BCUT2D eigenvalue weighted by molar-refractivity contribution is -0.385. The summed E-state index contributed by atoms with van der Waals surface area (Å²) in [6.45, 7) is 3.89. The molecule has 8 heteroatoms. The van der Waals surface area contributed by atoms with Crippen LogP contribution in [0.15, 0.2) is 33.3 Å². The molecule has 1 aromatic carbocycles. The summed E-state index contributed by atoms with van der Waals surface area (Å²) < 4.78 is 5.31. The summed E-state index contributed by atoms with van der Waals surface area (Å²) >= 11 is 3.06. The molecule has 1 amide bonds. The second kappa shape index (κ2) is 6.04. The number of hydrogen-bond acceptors (Lipinski definition) is 5. The first kappa shape index (κ1) is 15.2. The molecule has 2 aromatic rings. The third-order valence-corrected chi connectivity index (χ3v) is 3.43. The van der Waals surface area contributed by atoms with Gasteiger partial charge < -0.3 is 4.52 Å². The molecule has 0 radical (unpaired) electrons. The number of benzene rings is 1. The molecular formula is C13H12BrN3O4. The van der Waals surface area contributed by atoms with Gasteiger partial charge in [-0.05, 0) is 34.0 Å². The zero-order valence-electron chi connectivity index (χ0n) is 11.3. The van der Waals surface area contributed by atoms with E-state index in [1.165, 1.54) is 18.2 Å². The fourth-order valence-electron chi connectivity index (χ4n) is 1.60. The lowest BCUT2D eigenvalue weighted by Crippen LogP contribution is -2.11. The van der Waals surface area contributed by atoms with Gasteiger partial charge in [0, 0.05) is 17.7 Å². The predicted molar refractivity (Wildman–Crippen MR) is 79.3 cm³/mol. The third-order valence-electron chi connectivity index (χ3n) is 2.76. The van der Waals surface area contributed by atoms with Gasteiger partial charge in [0.25, 0.3) is 11.6 Å². The molecule has 1 aromatic heterocycles. The van der Waals surface area contributed by atoms with Gasteiger partial charge >= 0.3 is 0 Å².